The molecular weight excluding hydrogens is 424 g/mol. The molecule has 1 heterocycles. The van der Waals surface area contributed by atoms with Crippen molar-refractivity contribution >= 4 is 43.1 Å². The molecule has 0 fully saturated rings. The highest BCUT2D eigenvalue weighted by Gasteiger charge is 2.20. The van der Waals surface area contributed by atoms with Crippen molar-refractivity contribution in [3.8, 4) is 33.8 Å². The summed E-state index contributed by atoms with van der Waals surface area (Å²) < 4.78 is 6.24. The molecule has 35 heavy (non-hydrogen) atoms. The molecule has 8 rings (SSSR count). The Bertz CT molecular complexity index is 1980. The zero-order valence-electron chi connectivity index (χ0n) is 19.0. The number of para-hydroxylation sites is 1. The third-order valence-electron chi connectivity index (χ3n) is 7.37. The summed E-state index contributed by atoms with van der Waals surface area (Å²) in [6.07, 6.45) is 0. The lowest BCUT2D eigenvalue weighted by atomic mass is 9.89. The SMILES string of the molecule is c1ccc2c(c1)Oc1cccc3cc(-c4ccc5ccc6cc7ccccc7cc6c5c4)cc-2c13. The smallest absolute Gasteiger partial charge is 0.135 e. The molecule has 1 aliphatic heterocycles. The van der Waals surface area contributed by atoms with Gasteiger partial charge in [0.15, 0.2) is 0 Å². The standard InChI is InChI=1S/C34H20O/c1-2-7-23-18-30-25(16-22(23)6-1)15-13-21-12-14-24(19-29(21)30)27-17-26-8-5-11-33-34(26)31(20-27)28-9-3-4-10-32(28)35-33/h1-20H. The zero-order valence-corrected chi connectivity index (χ0v) is 19.0. The van der Waals surface area contributed by atoms with Crippen molar-refractivity contribution in [3.63, 3.8) is 0 Å². The number of fused-ring (bicyclic) bond motifs is 6. The van der Waals surface area contributed by atoms with Crippen LogP contribution in [0.4, 0.5) is 0 Å². The van der Waals surface area contributed by atoms with Crippen LogP contribution in [0.15, 0.2) is 121 Å². The van der Waals surface area contributed by atoms with Gasteiger partial charge in [0, 0.05) is 10.9 Å². The predicted molar refractivity (Wildman–Crippen MR) is 147 cm³/mol. The van der Waals surface area contributed by atoms with E-state index in [9.17, 15) is 0 Å². The van der Waals surface area contributed by atoms with Gasteiger partial charge in [-0.25, -0.2) is 0 Å². The van der Waals surface area contributed by atoms with Gasteiger partial charge in [0.05, 0.1) is 0 Å². The first-order chi connectivity index (χ1) is 17.3. The van der Waals surface area contributed by atoms with Gasteiger partial charge in [0.25, 0.3) is 0 Å². The van der Waals surface area contributed by atoms with Gasteiger partial charge in [-0.05, 0) is 96.9 Å². The second-order valence-electron chi connectivity index (χ2n) is 9.40. The van der Waals surface area contributed by atoms with Crippen molar-refractivity contribution < 1.29 is 4.74 Å². The van der Waals surface area contributed by atoms with E-state index in [4.69, 9.17) is 4.74 Å². The van der Waals surface area contributed by atoms with Crippen LogP contribution in [0, 0.1) is 0 Å². The lowest BCUT2D eigenvalue weighted by Gasteiger charge is -2.22. The van der Waals surface area contributed by atoms with Crippen LogP contribution in [-0.2, 0) is 0 Å². The maximum Gasteiger partial charge on any atom is 0.135 e. The number of benzene rings is 7. The number of hydrogen-bond acceptors (Lipinski definition) is 1. The monoisotopic (exact) mass is 444 g/mol. The molecule has 0 atom stereocenters. The van der Waals surface area contributed by atoms with E-state index >= 15 is 0 Å². The molecule has 0 aliphatic carbocycles. The van der Waals surface area contributed by atoms with Gasteiger partial charge in [-0.3, -0.25) is 0 Å². The molecular formula is C34H20O. The van der Waals surface area contributed by atoms with Crippen LogP contribution in [-0.4, -0.2) is 0 Å². The molecule has 0 bridgehead atoms. The van der Waals surface area contributed by atoms with E-state index in [1.54, 1.807) is 0 Å². The molecule has 0 N–H and O–H groups in total. The summed E-state index contributed by atoms with van der Waals surface area (Å²) >= 11 is 0. The molecule has 0 saturated heterocycles. The van der Waals surface area contributed by atoms with Crippen LogP contribution in [0.3, 0.4) is 0 Å². The molecule has 162 valence electrons. The van der Waals surface area contributed by atoms with Gasteiger partial charge in [0.2, 0.25) is 0 Å². The number of hydrogen-bond donors (Lipinski definition) is 0. The first kappa shape index (κ1) is 18.8. The van der Waals surface area contributed by atoms with E-state index in [1.807, 2.05) is 6.07 Å². The van der Waals surface area contributed by atoms with Crippen molar-refractivity contribution in [3.05, 3.63) is 121 Å². The van der Waals surface area contributed by atoms with E-state index in [2.05, 4.69) is 115 Å². The first-order valence-electron chi connectivity index (χ1n) is 12.0. The maximum absolute atomic E-state index is 6.24. The Labute approximate surface area is 202 Å². The molecule has 7 aromatic rings. The topological polar surface area (TPSA) is 9.23 Å². The van der Waals surface area contributed by atoms with Gasteiger partial charge in [0.1, 0.15) is 11.5 Å². The summed E-state index contributed by atoms with van der Waals surface area (Å²) in [6, 6.07) is 43.8. The van der Waals surface area contributed by atoms with Crippen molar-refractivity contribution in [1.29, 1.82) is 0 Å². The fourth-order valence-corrected chi connectivity index (χ4v) is 5.68. The van der Waals surface area contributed by atoms with Crippen LogP contribution in [0.1, 0.15) is 0 Å². The molecule has 0 amide bonds. The minimum atomic E-state index is 0.918. The molecule has 0 aromatic heterocycles. The summed E-state index contributed by atoms with van der Waals surface area (Å²) in [6.45, 7) is 0. The Hall–Kier alpha value is -4.62. The average molecular weight is 445 g/mol. The van der Waals surface area contributed by atoms with Gasteiger partial charge in [-0.2, -0.15) is 0 Å². The summed E-state index contributed by atoms with van der Waals surface area (Å²) in [5.74, 6) is 1.85. The number of ether oxygens (including phenoxy) is 1. The van der Waals surface area contributed by atoms with Crippen molar-refractivity contribution in [2.45, 2.75) is 0 Å². The molecule has 0 spiro atoms. The van der Waals surface area contributed by atoms with Crippen LogP contribution in [0.2, 0.25) is 0 Å². The third-order valence-corrected chi connectivity index (χ3v) is 7.37. The van der Waals surface area contributed by atoms with Gasteiger partial charge in [-0.15, -0.1) is 0 Å². The van der Waals surface area contributed by atoms with Gasteiger partial charge in [-0.1, -0.05) is 78.9 Å². The Balaban J connectivity index is 1.41. The van der Waals surface area contributed by atoms with Crippen LogP contribution < -0.4 is 4.74 Å². The quantitative estimate of drug-likeness (QED) is 0.181. The van der Waals surface area contributed by atoms with Crippen LogP contribution in [0.25, 0.3) is 65.3 Å². The second kappa shape index (κ2) is 6.94. The predicted octanol–water partition coefficient (Wildman–Crippen LogP) is 9.74. The highest BCUT2D eigenvalue weighted by Crippen LogP contribution is 2.48. The largest absolute Gasteiger partial charge is 0.456 e. The van der Waals surface area contributed by atoms with E-state index in [1.165, 1.54) is 59.8 Å². The Kier molecular flexibility index (Phi) is 3.72. The summed E-state index contributed by atoms with van der Waals surface area (Å²) in [5, 5.41) is 10.1. The van der Waals surface area contributed by atoms with Crippen LogP contribution in [0.5, 0.6) is 11.5 Å². The van der Waals surface area contributed by atoms with Crippen molar-refractivity contribution in [1.82, 2.24) is 0 Å². The molecule has 0 unspecified atom stereocenters. The van der Waals surface area contributed by atoms with Gasteiger partial charge >= 0.3 is 0 Å². The lowest BCUT2D eigenvalue weighted by Crippen LogP contribution is -1.97. The molecule has 1 nitrogen and oxygen atoms in total. The zero-order chi connectivity index (χ0) is 22.9. The molecule has 0 radical (unpaired) electrons. The molecule has 1 aliphatic rings. The summed E-state index contributed by atoms with van der Waals surface area (Å²) in [4.78, 5) is 0. The highest BCUT2D eigenvalue weighted by atomic mass is 16.5. The first-order valence-corrected chi connectivity index (χ1v) is 12.0. The second-order valence-corrected chi connectivity index (χ2v) is 9.40. The fraction of sp³-hybridized carbons (Fsp3) is 0. The Morgan fingerprint density at radius 3 is 2.03 bits per heavy atom. The van der Waals surface area contributed by atoms with E-state index < -0.39 is 0 Å². The van der Waals surface area contributed by atoms with Gasteiger partial charge < -0.3 is 4.74 Å². The third kappa shape index (κ3) is 2.76. The molecule has 0 saturated carbocycles. The molecule has 7 aromatic carbocycles. The highest BCUT2D eigenvalue weighted by molar-refractivity contribution is 6.13. The normalized spacial score (nSPS) is 12.2. The average Bonchev–Trinajstić information content (AvgIpc) is 2.91. The maximum atomic E-state index is 6.24. The molecule has 1 heteroatoms. The number of rotatable bonds is 1. The summed E-state index contributed by atoms with van der Waals surface area (Å²) in [5.41, 5.74) is 4.83. The Morgan fingerprint density at radius 1 is 0.371 bits per heavy atom. The van der Waals surface area contributed by atoms with Crippen molar-refractivity contribution in [2.24, 2.45) is 0 Å². The lowest BCUT2D eigenvalue weighted by molar-refractivity contribution is 0.487. The fourth-order valence-electron chi connectivity index (χ4n) is 5.68. The van der Waals surface area contributed by atoms with Crippen molar-refractivity contribution in [2.75, 3.05) is 0 Å². The summed E-state index contributed by atoms with van der Waals surface area (Å²) in [7, 11) is 0. The minimum absolute atomic E-state index is 0.918. The van der Waals surface area contributed by atoms with E-state index in [0.29, 0.717) is 0 Å². The Morgan fingerprint density at radius 2 is 1.09 bits per heavy atom. The van der Waals surface area contributed by atoms with E-state index in [0.717, 1.165) is 17.1 Å². The van der Waals surface area contributed by atoms with Crippen LogP contribution >= 0.6 is 0 Å². The minimum Gasteiger partial charge on any atom is -0.456 e. The van der Waals surface area contributed by atoms with E-state index in [-0.39, 0.29) is 0 Å².